The molecule has 1 aliphatic rings. The lowest BCUT2D eigenvalue weighted by Gasteiger charge is -2.34. The van der Waals surface area contributed by atoms with Crippen molar-refractivity contribution in [2.75, 3.05) is 32.2 Å². The van der Waals surface area contributed by atoms with Gasteiger partial charge < -0.3 is 19.1 Å². The lowest BCUT2D eigenvalue weighted by atomic mass is 10.0. The summed E-state index contributed by atoms with van der Waals surface area (Å²) in [6.45, 7) is 1.12. The second-order valence-electron chi connectivity index (χ2n) is 6.64. The number of alkyl halides is 3. The Kier molecular flexibility index (Phi) is 6.06. The molecule has 154 valence electrons. The summed E-state index contributed by atoms with van der Waals surface area (Å²) in [5, 5.41) is 9.30. The largest absolute Gasteiger partial charge is 0.493 e. The Labute approximate surface area is 167 Å². The minimum absolute atomic E-state index is 0.0191. The molecule has 3 rings (SSSR count). The van der Waals surface area contributed by atoms with E-state index in [-0.39, 0.29) is 11.7 Å². The van der Waals surface area contributed by atoms with E-state index in [0.717, 1.165) is 12.1 Å². The Morgan fingerprint density at radius 1 is 1.03 bits per heavy atom. The van der Waals surface area contributed by atoms with Crippen LogP contribution in [0.5, 0.6) is 17.2 Å². The number of nitriles is 1. The van der Waals surface area contributed by atoms with Gasteiger partial charge in [-0.3, -0.25) is 0 Å². The van der Waals surface area contributed by atoms with Gasteiger partial charge in [0.15, 0.2) is 11.5 Å². The van der Waals surface area contributed by atoms with Gasteiger partial charge in [-0.15, -0.1) is 0 Å². The molecule has 0 radical (unpaired) electrons. The normalized spacial score (nSPS) is 15.0. The molecular formula is C21H21F3N2O3. The van der Waals surface area contributed by atoms with Gasteiger partial charge in [0.2, 0.25) is 5.75 Å². The fourth-order valence-corrected chi connectivity index (χ4v) is 3.39. The summed E-state index contributed by atoms with van der Waals surface area (Å²) in [7, 11) is 3.11. The summed E-state index contributed by atoms with van der Waals surface area (Å²) < 4.78 is 55.5. The highest BCUT2D eigenvalue weighted by molar-refractivity contribution is 5.61. The first-order valence-corrected chi connectivity index (χ1v) is 9.11. The van der Waals surface area contributed by atoms with Crippen LogP contribution in [0.3, 0.4) is 0 Å². The van der Waals surface area contributed by atoms with Crippen LogP contribution in [0, 0.1) is 11.3 Å². The zero-order valence-electron chi connectivity index (χ0n) is 16.1. The number of nitrogens with zero attached hydrogens (tertiary/aromatic N) is 2. The number of para-hydroxylation sites is 1. The van der Waals surface area contributed by atoms with E-state index < -0.39 is 11.7 Å². The Balaban J connectivity index is 1.71. The van der Waals surface area contributed by atoms with Crippen LogP contribution in [0.15, 0.2) is 36.4 Å². The van der Waals surface area contributed by atoms with Gasteiger partial charge in [0, 0.05) is 25.9 Å². The van der Waals surface area contributed by atoms with Crippen LogP contribution < -0.4 is 19.1 Å². The van der Waals surface area contributed by atoms with E-state index in [4.69, 9.17) is 14.2 Å². The van der Waals surface area contributed by atoms with Crippen molar-refractivity contribution in [2.24, 2.45) is 0 Å². The summed E-state index contributed by atoms with van der Waals surface area (Å²) in [6, 6.07) is 10.5. The summed E-state index contributed by atoms with van der Waals surface area (Å²) >= 11 is 0. The third kappa shape index (κ3) is 4.50. The molecule has 2 aromatic rings. The number of piperidine rings is 1. The van der Waals surface area contributed by atoms with E-state index in [1.54, 1.807) is 32.4 Å². The van der Waals surface area contributed by atoms with Gasteiger partial charge in [-0.2, -0.15) is 18.4 Å². The fraction of sp³-hybridized carbons (Fsp3) is 0.381. The van der Waals surface area contributed by atoms with Crippen LogP contribution in [-0.2, 0) is 6.18 Å². The number of benzene rings is 2. The van der Waals surface area contributed by atoms with Crippen molar-refractivity contribution in [3.05, 3.63) is 47.5 Å². The Morgan fingerprint density at radius 3 is 2.17 bits per heavy atom. The molecule has 0 aliphatic carbocycles. The van der Waals surface area contributed by atoms with Crippen LogP contribution >= 0.6 is 0 Å². The maximum absolute atomic E-state index is 12.9. The third-order valence-corrected chi connectivity index (χ3v) is 4.89. The molecule has 1 saturated heterocycles. The quantitative estimate of drug-likeness (QED) is 0.724. The van der Waals surface area contributed by atoms with Crippen LogP contribution in [0.2, 0.25) is 0 Å². The third-order valence-electron chi connectivity index (χ3n) is 4.89. The van der Waals surface area contributed by atoms with Crippen molar-refractivity contribution >= 4 is 5.69 Å². The number of anilines is 1. The van der Waals surface area contributed by atoms with Crippen LogP contribution in [0.25, 0.3) is 0 Å². The predicted molar refractivity (Wildman–Crippen MR) is 102 cm³/mol. The molecule has 5 nitrogen and oxygen atoms in total. The maximum Gasteiger partial charge on any atom is 0.416 e. The van der Waals surface area contributed by atoms with Crippen molar-refractivity contribution in [2.45, 2.75) is 25.1 Å². The highest BCUT2D eigenvalue weighted by Gasteiger charge is 2.32. The SMILES string of the molecule is COc1cccc(OC)c1OC1CCN(c2ccc(C(F)(F)F)cc2C#N)CC1. The molecule has 1 fully saturated rings. The Morgan fingerprint density at radius 2 is 1.66 bits per heavy atom. The van der Waals surface area contributed by atoms with Gasteiger partial charge in [-0.1, -0.05) is 6.07 Å². The minimum Gasteiger partial charge on any atom is -0.493 e. The molecule has 29 heavy (non-hydrogen) atoms. The smallest absolute Gasteiger partial charge is 0.416 e. The molecular weight excluding hydrogens is 385 g/mol. The summed E-state index contributed by atoms with van der Waals surface area (Å²) in [5.74, 6) is 1.67. The lowest BCUT2D eigenvalue weighted by molar-refractivity contribution is -0.137. The molecule has 0 bridgehead atoms. The van der Waals surface area contributed by atoms with Gasteiger partial charge in [0.1, 0.15) is 12.2 Å². The second kappa shape index (κ2) is 8.52. The van der Waals surface area contributed by atoms with E-state index in [1.165, 1.54) is 6.07 Å². The molecule has 0 spiro atoms. The first kappa shape index (κ1) is 20.6. The van der Waals surface area contributed by atoms with E-state index in [1.807, 2.05) is 11.0 Å². The van der Waals surface area contributed by atoms with Gasteiger partial charge in [-0.05, 0) is 30.3 Å². The fourth-order valence-electron chi connectivity index (χ4n) is 3.39. The minimum atomic E-state index is -4.47. The average molecular weight is 406 g/mol. The lowest BCUT2D eigenvalue weighted by Crippen LogP contribution is -2.38. The van der Waals surface area contributed by atoms with Crippen LogP contribution in [0.1, 0.15) is 24.0 Å². The molecule has 0 unspecified atom stereocenters. The average Bonchev–Trinajstić information content (AvgIpc) is 2.73. The monoisotopic (exact) mass is 406 g/mol. The molecule has 1 heterocycles. The zero-order chi connectivity index (χ0) is 21.0. The predicted octanol–water partition coefficient (Wildman–Crippen LogP) is 4.64. The molecule has 8 heteroatoms. The van der Waals surface area contributed by atoms with Crippen molar-refractivity contribution in [3.63, 3.8) is 0 Å². The van der Waals surface area contributed by atoms with Crippen molar-refractivity contribution in [3.8, 4) is 23.3 Å². The first-order chi connectivity index (χ1) is 13.9. The number of methoxy groups -OCH3 is 2. The van der Waals surface area contributed by atoms with Crippen LogP contribution in [0.4, 0.5) is 18.9 Å². The number of hydrogen-bond acceptors (Lipinski definition) is 5. The highest BCUT2D eigenvalue weighted by Crippen LogP contribution is 2.39. The second-order valence-corrected chi connectivity index (χ2v) is 6.64. The topological polar surface area (TPSA) is 54.7 Å². The zero-order valence-corrected chi connectivity index (χ0v) is 16.1. The summed E-state index contributed by atoms with van der Waals surface area (Å²) in [6.07, 6.45) is -3.28. The van der Waals surface area contributed by atoms with Crippen molar-refractivity contribution < 1.29 is 27.4 Å². The van der Waals surface area contributed by atoms with Gasteiger partial charge >= 0.3 is 6.18 Å². The molecule has 2 aromatic carbocycles. The summed E-state index contributed by atoms with van der Waals surface area (Å²) in [4.78, 5) is 1.91. The van der Waals surface area contributed by atoms with Gasteiger partial charge in [0.05, 0.1) is 31.0 Å². The molecule has 0 amide bonds. The van der Waals surface area contributed by atoms with E-state index in [2.05, 4.69) is 0 Å². The Bertz CT molecular complexity index is 879. The molecule has 0 atom stereocenters. The highest BCUT2D eigenvalue weighted by atomic mass is 19.4. The number of rotatable bonds is 5. The van der Waals surface area contributed by atoms with E-state index in [0.29, 0.717) is 48.9 Å². The maximum atomic E-state index is 12.9. The molecule has 0 aromatic heterocycles. The summed E-state index contributed by atoms with van der Waals surface area (Å²) in [5.41, 5.74) is -0.293. The molecule has 0 N–H and O–H groups in total. The van der Waals surface area contributed by atoms with Gasteiger partial charge in [0.25, 0.3) is 0 Å². The Hall–Kier alpha value is -3.08. The van der Waals surface area contributed by atoms with Crippen molar-refractivity contribution in [1.82, 2.24) is 0 Å². The first-order valence-electron chi connectivity index (χ1n) is 9.11. The van der Waals surface area contributed by atoms with Gasteiger partial charge in [-0.25, -0.2) is 0 Å². The van der Waals surface area contributed by atoms with E-state index >= 15 is 0 Å². The standard InChI is InChI=1S/C21H21F3N2O3/c1-27-18-4-3-5-19(28-2)20(18)29-16-8-10-26(11-9-16)17-7-6-15(21(22,23)24)12-14(17)13-25/h3-7,12,16H,8-11H2,1-2H3. The number of ether oxygens (including phenoxy) is 3. The number of hydrogen-bond donors (Lipinski definition) is 0. The molecule has 0 saturated carbocycles. The molecule has 1 aliphatic heterocycles. The van der Waals surface area contributed by atoms with E-state index in [9.17, 15) is 18.4 Å². The number of halogens is 3. The van der Waals surface area contributed by atoms with Crippen LogP contribution in [-0.4, -0.2) is 33.4 Å². The van der Waals surface area contributed by atoms with Crippen molar-refractivity contribution in [1.29, 1.82) is 5.26 Å².